The molecule has 1 N–H and O–H groups in total. The number of nitrogens with zero attached hydrogens (tertiary/aromatic N) is 3. The van der Waals surface area contributed by atoms with Crippen LogP contribution in [-0.4, -0.2) is 40.2 Å². The maximum Gasteiger partial charge on any atom is 0.228 e. The predicted molar refractivity (Wildman–Crippen MR) is 47.5 cm³/mol. The topological polar surface area (TPSA) is 79.0 Å². The van der Waals surface area contributed by atoms with Crippen LogP contribution in [0.1, 0.15) is 5.82 Å². The molecule has 0 spiro atoms. The summed E-state index contributed by atoms with van der Waals surface area (Å²) in [4.78, 5) is 3.79. The maximum absolute atomic E-state index is 11.2. The lowest BCUT2D eigenvalue weighted by atomic mass is 10.6. The molecule has 8 heteroatoms. The van der Waals surface area contributed by atoms with Gasteiger partial charge in [-0.1, -0.05) is 0 Å². The van der Waals surface area contributed by atoms with Gasteiger partial charge in [-0.15, -0.1) is 11.6 Å². The van der Waals surface area contributed by atoms with E-state index in [9.17, 15) is 8.42 Å². The van der Waals surface area contributed by atoms with Crippen LogP contribution in [0, 0.1) is 0 Å². The van der Waals surface area contributed by atoms with Crippen molar-refractivity contribution < 1.29 is 8.42 Å². The lowest BCUT2D eigenvalue weighted by molar-refractivity contribution is 0.461. The van der Waals surface area contributed by atoms with Gasteiger partial charge in [0.15, 0.2) is 0 Å². The lowest BCUT2D eigenvalue weighted by Crippen LogP contribution is -2.27. The molecule has 1 aromatic rings. The van der Waals surface area contributed by atoms with Gasteiger partial charge in [0, 0.05) is 7.05 Å². The monoisotopic (exact) mass is 224 g/mol. The van der Waals surface area contributed by atoms with Crippen molar-refractivity contribution in [3.8, 4) is 0 Å². The smallest absolute Gasteiger partial charge is 0.228 e. The second-order valence-corrected chi connectivity index (χ2v) is 5.07. The second-order valence-electron chi connectivity index (χ2n) is 2.41. The van der Waals surface area contributed by atoms with Gasteiger partial charge < -0.3 is 0 Å². The molecule has 0 saturated heterocycles. The first-order valence-electron chi connectivity index (χ1n) is 3.40. The minimum atomic E-state index is -3.36. The number of hydrogen-bond acceptors (Lipinski definition) is 4. The van der Waals surface area contributed by atoms with Crippen molar-refractivity contribution in [2.24, 2.45) is 0 Å². The molecule has 1 rings (SSSR count). The molecule has 6 nitrogen and oxygen atoms in total. The van der Waals surface area contributed by atoms with Crippen molar-refractivity contribution in [2.45, 2.75) is 6.54 Å². The molecule has 0 atom stereocenters. The molecule has 74 valence electrons. The highest BCUT2D eigenvalue weighted by molar-refractivity contribution is 7.90. The zero-order valence-corrected chi connectivity index (χ0v) is 8.51. The minimum absolute atomic E-state index is 0.148. The Labute approximate surface area is 81.0 Å². The summed E-state index contributed by atoms with van der Waals surface area (Å²) in [7, 11) is -1.93. The normalized spacial score (nSPS) is 12.2. The Balaban J connectivity index is 2.66. The van der Waals surface area contributed by atoms with Gasteiger partial charge in [-0.25, -0.2) is 13.4 Å². The van der Waals surface area contributed by atoms with E-state index in [1.165, 1.54) is 13.4 Å². The van der Waals surface area contributed by atoms with Crippen LogP contribution < -0.4 is 0 Å². The highest BCUT2D eigenvalue weighted by atomic mass is 35.5. The first kappa shape index (κ1) is 10.4. The standard InChI is InChI=1S/C5H9ClN4O2S/c1-10(13(11,12)3-6)2-5-7-4-8-9-5/h4H,2-3H2,1H3,(H,7,8,9). The fourth-order valence-corrected chi connectivity index (χ4v) is 1.68. The zero-order chi connectivity index (χ0) is 9.90. The SMILES string of the molecule is CN(Cc1ncn[nH]1)S(=O)(=O)CCl. The van der Waals surface area contributed by atoms with E-state index in [1.54, 1.807) is 0 Å². The van der Waals surface area contributed by atoms with Gasteiger partial charge in [0.2, 0.25) is 10.0 Å². The van der Waals surface area contributed by atoms with E-state index in [1.807, 2.05) is 0 Å². The van der Waals surface area contributed by atoms with Crippen molar-refractivity contribution >= 4 is 21.6 Å². The lowest BCUT2D eigenvalue weighted by Gasteiger charge is -2.12. The Morgan fingerprint density at radius 1 is 1.69 bits per heavy atom. The highest BCUT2D eigenvalue weighted by Crippen LogP contribution is 2.03. The molecule has 0 amide bonds. The van der Waals surface area contributed by atoms with E-state index >= 15 is 0 Å². The number of sulfonamides is 1. The summed E-state index contributed by atoms with van der Waals surface area (Å²) in [5.41, 5.74) is 0. The Hall–Kier alpha value is -0.660. The first-order chi connectivity index (χ1) is 6.06. The van der Waals surface area contributed by atoms with Gasteiger partial charge >= 0.3 is 0 Å². The third-order valence-electron chi connectivity index (χ3n) is 1.45. The zero-order valence-electron chi connectivity index (χ0n) is 6.94. The summed E-state index contributed by atoms with van der Waals surface area (Å²) in [5.74, 6) is 0.483. The highest BCUT2D eigenvalue weighted by Gasteiger charge is 2.17. The molecule has 0 radical (unpaired) electrons. The minimum Gasteiger partial charge on any atom is -0.262 e. The van der Waals surface area contributed by atoms with Crippen molar-refractivity contribution in [1.82, 2.24) is 19.5 Å². The Kier molecular flexibility index (Phi) is 3.23. The fraction of sp³-hybridized carbons (Fsp3) is 0.600. The molecule has 0 aliphatic heterocycles. The average Bonchev–Trinajstić information content (AvgIpc) is 2.57. The molecular weight excluding hydrogens is 216 g/mol. The number of nitrogens with one attached hydrogen (secondary N) is 1. The number of aromatic nitrogens is 3. The first-order valence-corrected chi connectivity index (χ1v) is 5.55. The summed E-state index contributed by atoms with van der Waals surface area (Å²) in [6, 6.07) is 0. The molecule has 0 bridgehead atoms. The largest absolute Gasteiger partial charge is 0.262 e. The van der Waals surface area contributed by atoms with E-state index < -0.39 is 15.2 Å². The molecule has 0 aromatic carbocycles. The third-order valence-corrected chi connectivity index (χ3v) is 3.63. The number of hydrogen-bond donors (Lipinski definition) is 1. The molecule has 1 heterocycles. The molecule has 0 saturated carbocycles. The molecule has 0 fully saturated rings. The van der Waals surface area contributed by atoms with Crippen LogP contribution in [0.4, 0.5) is 0 Å². The summed E-state index contributed by atoms with van der Waals surface area (Å²) < 4.78 is 23.4. The van der Waals surface area contributed by atoms with Crippen LogP contribution in [0.3, 0.4) is 0 Å². The van der Waals surface area contributed by atoms with Crippen LogP contribution in [0.5, 0.6) is 0 Å². The fourth-order valence-electron chi connectivity index (χ4n) is 0.700. The third kappa shape index (κ3) is 2.64. The summed E-state index contributed by atoms with van der Waals surface area (Å²) in [6.07, 6.45) is 1.32. The Bertz CT molecular complexity index is 349. The van der Waals surface area contributed by atoms with Gasteiger partial charge in [-0.2, -0.15) is 9.40 Å². The summed E-state index contributed by atoms with van der Waals surface area (Å²) in [6.45, 7) is 0.148. The van der Waals surface area contributed by atoms with E-state index in [4.69, 9.17) is 11.6 Å². The van der Waals surface area contributed by atoms with Crippen molar-refractivity contribution in [1.29, 1.82) is 0 Å². The number of halogens is 1. The summed E-state index contributed by atoms with van der Waals surface area (Å²) in [5, 5.41) is 5.71. The van der Waals surface area contributed by atoms with Crippen LogP contribution in [0.25, 0.3) is 0 Å². The van der Waals surface area contributed by atoms with Crippen molar-refractivity contribution in [2.75, 3.05) is 12.3 Å². The van der Waals surface area contributed by atoms with Gasteiger partial charge in [0.05, 0.1) is 6.54 Å². The van der Waals surface area contributed by atoms with Crippen LogP contribution in [0.2, 0.25) is 0 Å². The summed E-state index contributed by atoms with van der Waals surface area (Å²) >= 11 is 5.25. The van der Waals surface area contributed by atoms with Gasteiger partial charge in [0.1, 0.15) is 17.4 Å². The van der Waals surface area contributed by atoms with E-state index in [2.05, 4.69) is 15.2 Å². The van der Waals surface area contributed by atoms with E-state index in [-0.39, 0.29) is 6.54 Å². The molecule has 13 heavy (non-hydrogen) atoms. The van der Waals surface area contributed by atoms with Crippen molar-refractivity contribution in [3.63, 3.8) is 0 Å². The van der Waals surface area contributed by atoms with Crippen LogP contribution in [0.15, 0.2) is 6.33 Å². The number of rotatable bonds is 4. The molecule has 0 unspecified atom stereocenters. The van der Waals surface area contributed by atoms with E-state index in [0.717, 1.165) is 4.31 Å². The second kappa shape index (κ2) is 4.03. The number of alkyl halides is 1. The molecule has 0 aliphatic rings. The van der Waals surface area contributed by atoms with Gasteiger partial charge in [0.25, 0.3) is 0 Å². The van der Waals surface area contributed by atoms with Crippen LogP contribution in [-0.2, 0) is 16.6 Å². The Morgan fingerprint density at radius 2 is 2.38 bits per heavy atom. The quantitative estimate of drug-likeness (QED) is 0.717. The Morgan fingerprint density at radius 3 is 2.85 bits per heavy atom. The van der Waals surface area contributed by atoms with Gasteiger partial charge in [-0.05, 0) is 0 Å². The maximum atomic E-state index is 11.2. The molecule has 1 aromatic heterocycles. The molecular formula is C5H9ClN4O2S. The number of aromatic amines is 1. The number of H-pyrrole nitrogens is 1. The van der Waals surface area contributed by atoms with Crippen LogP contribution >= 0.6 is 11.6 Å². The van der Waals surface area contributed by atoms with Crippen molar-refractivity contribution in [3.05, 3.63) is 12.2 Å². The average molecular weight is 225 g/mol. The predicted octanol–water partition coefficient (Wildman–Crippen LogP) is -0.237. The van der Waals surface area contributed by atoms with E-state index in [0.29, 0.717) is 5.82 Å². The van der Waals surface area contributed by atoms with Gasteiger partial charge in [-0.3, -0.25) is 5.10 Å². The molecule has 0 aliphatic carbocycles.